The van der Waals surface area contributed by atoms with Crippen LogP contribution in [0.2, 0.25) is 0 Å². The topological polar surface area (TPSA) is 93.7 Å². The fourth-order valence-corrected chi connectivity index (χ4v) is 2.74. The lowest BCUT2D eigenvalue weighted by molar-refractivity contribution is -0.127. The molecular weight excluding hydrogens is 324 g/mol. The molecule has 0 saturated heterocycles. The van der Waals surface area contributed by atoms with Crippen molar-refractivity contribution in [2.75, 3.05) is 7.11 Å². The molecule has 0 aliphatic heterocycles. The first kappa shape index (κ1) is 18.9. The Morgan fingerprint density at radius 2 is 1.96 bits per heavy atom. The van der Waals surface area contributed by atoms with Crippen molar-refractivity contribution in [1.82, 2.24) is 10.6 Å². The summed E-state index contributed by atoms with van der Waals surface area (Å²) in [6, 6.07) is 6.33. The van der Waals surface area contributed by atoms with Crippen LogP contribution in [0.15, 0.2) is 24.3 Å². The number of carbonyl (C=O) groups excluding carboxylic acids is 3. The van der Waals surface area contributed by atoms with E-state index < -0.39 is 24.0 Å². The molecular formula is C18H24N2O5. The van der Waals surface area contributed by atoms with Gasteiger partial charge in [0.05, 0.1) is 12.2 Å². The molecule has 1 saturated carbocycles. The molecule has 1 aromatic carbocycles. The van der Waals surface area contributed by atoms with Crippen molar-refractivity contribution in [2.24, 2.45) is 0 Å². The molecule has 2 rings (SSSR count). The number of nitrogens with one attached hydrogen (secondary N) is 2. The first-order chi connectivity index (χ1) is 12.0. The van der Waals surface area contributed by atoms with Gasteiger partial charge in [-0.15, -0.1) is 0 Å². The highest BCUT2D eigenvalue weighted by Crippen LogP contribution is 2.17. The van der Waals surface area contributed by atoms with Crippen molar-refractivity contribution >= 4 is 17.9 Å². The molecule has 1 aliphatic carbocycles. The number of methoxy groups -OCH3 is 1. The molecule has 0 bridgehead atoms. The summed E-state index contributed by atoms with van der Waals surface area (Å²) in [5, 5.41) is 4.95. The molecule has 25 heavy (non-hydrogen) atoms. The summed E-state index contributed by atoms with van der Waals surface area (Å²) in [4.78, 5) is 35.9. The third-order valence-corrected chi connectivity index (χ3v) is 4.05. The Morgan fingerprint density at radius 1 is 1.24 bits per heavy atom. The SMILES string of the molecule is COCc1cccc(C(=O)O[C@@H](C)C(=O)NC(=O)NC2CCCC2)c1. The smallest absolute Gasteiger partial charge is 0.338 e. The molecule has 7 nitrogen and oxygen atoms in total. The van der Waals surface area contributed by atoms with E-state index in [-0.39, 0.29) is 6.04 Å². The molecule has 0 radical (unpaired) electrons. The van der Waals surface area contributed by atoms with Crippen LogP contribution >= 0.6 is 0 Å². The molecule has 0 aromatic heterocycles. The highest BCUT2D eigenvalue weighted by molar-refractivity contribution is 5.98. The summed E-state index contributed by atoms with van der Waals surface area (Å²) >= 11 is 0. The lowest BCUT2D eigenvalue weighted by Crippen LogP contribution is -2.47. The van der Waals surface area contributed by atoms with Crippen LogP contribution in [0.3, 0.4) is 0 Å². The molecule has 7 heteroatoms. The Hall–Kier alpha value is -2.41. The molecule has 0 heterocycles. The maximum Gasteiger partial charge on any atom is 0.338 e. The van der Waals surface area contributed by atoms with Gasteiger partial charge in [0.25, 0.3) is 5.91 Å². The predicted molar refractivity (Wildman–Crippen MR) is 91.0 cm³/mol. The van der Waals surface area contributed by atoms with E-state index in [9.17, 15) is 14.4 Å². The molecule has 2 N–H and O–H groups in total. The number of imide groups is 1. The number of hydrogen-bond acceptors (Lipinski definition) is 5. The third kappa shape index (κ3) is 5.86. The summed E-state index contributed by atoms with van der Waals surface area (Å²) in [5.41, 5.74) is 1.15. The van der Waals surface area contributed by atoms with Crippen LogP contribution in [-0.2, 0) is 20.9 Å². The average Bonchev–Trinajstić information content (AvgIpc) is 3.08. The minimum atomic E-state index is -1.08. The second kappa shape index (κ2) is 9.17. The van der Waals surface area contributed by atoms with E-state index >= 15 is 0 Å². The average molecular weight is 348 g/mol. The van der Waals surface area contributed by atoms with E-state index in [1.54, 1.807) is 25.3 Å². The minimum Gasteiger partial charge on any atom is -0.449 e. The zero-order chi connectivity index (χ0) is 18.2. The molecule has 0 unspecified atom stereocenters. The van der Waals surface area contributed by atoms with Gasteiger partial charge in [-0.1, -0.05) is 25.0 Å². The minimum absolute atomic E-state index is 0.106. The number of rotatable bonds is 6. The van der Waals surface area contributed by atoms with Crippen molar-refractivity contribution in [3.05, 3.63) is 35.4 Å². The normalized spacial score (nSPS) is 15.4. The summed E-state index contributed by atoms with van der Waals surface area (Å²) in [6.07, 6.45) is 2.92. The number of urea groups is 1. The van der Waals surface area contributed by atoms with Crippen molar-refractivity contribution in [3.63, 3.8) is 0 Å². The predicted octanol–water partition coefficient (Wildman–Crippen LogP) is 2.15. The van der Waals surface area contributed by atoms with Crippen molar-refractivity contribution in [1.29, 1.82) is 0 Å². The zero-order valence-corrected chi connectivity index (χ0v) is 14.5. The van der Waals surface area contributed by atoms with Crippen LogP contribution in [0.1, 0.15) is 48.5 Å². The highest BCUT2D eigenvalue weighted by atomic mass is 16.5. The van der Waals surface area contributed by atoms with Gasteiger partial charge in [0.2, 0.25) is 0 Å². The zero-order valence-electron chi connectivity index (χ0n) is 14.5. The quantitative estimate of drug-likeness (QED) is 0.768. The Bertz CT molecular complexity index is 626. The Labute approximate surface area is 147 Å². The standard InChI is InChI=1S/C18H24N2O5/c1-12(16(21)20-18(23)19-15-8-3-4-9-15)25-17(22)14-7-5-6-13(10-14)11-24-2/h5-7,10,12,15H,3-4,8-9,11H2,1-2H3,(H2,19,20,21,23)/t12-/m0/s1. The van der Waals surface area contributed by atoms with E-state index in [1.165, 1.54) is 6.92 Å². The van der Waals surface area contributed by atoms with Gasteiger partial charge in [0.15, 0.2) is 6.10 Å². The lowest BCUT2D eigenvalue weighted by Gasteiger charge is -2.15. The Morgan fingerprint density at radius 3 is 2.64 bits per heavy atom. The maximum atomic E-state index is 12.1. The second-order valence-electron chi connectivity index (χ2n) is 6.13. The number of benzene rings is 1. The van der Waals surface area contributed by atoms with Crippen molar-refractivity contribution in [3.8, 4) is 0 Å². The van der Waals surface area contributed by atoms with Gasteiger partial charge in [-0.25, -0.2) is 9.59 Å². The number of ether oxygens (including phenoxy) is 2. The maximum absolute atomic E-state index is 12.1. The summed E-state index contributed by atoms with van der Waals surface area (Å²) in [6.45, 7) is 1.80. The molecule has 1 atom stereocenters. The molecule has 3 amide bonds. The highest BCUT2D eigenvalue weighted by Gasteiger charge is 2.23. The first-order valence-electron chi connectivity index (χ1n) is 8.40. The van der Waals surface area contributed by atoms with Gasteiger partial charge in [0, 0.05) is 13.2 Å². The lowest BCUT2D eigenvalue weighted by atomic mass is 10.1. The van der Waals surface area contributed by atoms with Crippen LogP contribution in [0.25, 0.3) is 0 Å². The molecule has 1 fully saturated rings. The van der Waals surface area contributed by atoms with Gasteiger partial charge in [0.1, 0.15) is 0 Å². The molecule has 136 valence electrons. The van der Waals surface area contributed by atoms with Crippen LogP contribution in [-0.4, -0.2) is 37.2 Å². The Kier molecular flexibility index (Phi) is 6.94. The molecule has 1 aromatic rings. The fraction of sp³-hybridized carbons (Fsp3) is 0.500. The van der Waals surface area contributed by atoms with Gasteiger partial charge in [-0.2, -0.15) is 0 Å². The van der Waals surface area contributed by atoms with Crippen LogP contribution < -0.4 is 10.6 Å². The molecule has 0 spiro atoms. The van der Waals surface area contributed by atoms with Crippen LogP contribution in [0, 0.1) is 0 Å². The summed E-state index contributed by atoms with van der Waals surface area (Å²) in [5.74, 6) is -1.28. The largest absolute Gasteiger partial charge is 0.449 e. The van der Waals surface area contributed by atoms with Gasteiger partial charge in [-0.05, 0) is 37.5 Å². The number of carbonyl (C=O) groups is 3. The second-order valence-corrected chi connectivity index (χ2v) is 6.13. The van der Waals surface area contributed by atoms with E-state index in [0.717, 1.165) is 31.2 Å². The van der Waals surface area contributed by atoms with E-state index in [4.69, 9.17) is 9.47 Å². The van der Waals surface area contributed by atoms with E-state index in [1.807, 2.05) is 6.07 Å². The van der Waals surface area contributed by atoms with Crippen LogP contribution in [0.5, 0.6) is 0 Å². The van der Waals surface area contributed by atoms with Crippen molar-refractivity contribution < 1.29 is 23.9 Å². The first-order valence-corrected chi connectivity index (χ1v) is 8.40. The van der Waals surface area contributed by atoms with E-state index in [2.05, 4.69) is 10.6 Å². The third-order valence-electron chi connectivity index (χ3n) is 4.05. The fourth-order valence-electron chi connectivity index (χ4n) is 2.74. The number of hydrogen-bond donors (Lipinski definition) is 2. The number of amides is 3. The van der Waals surface area contributed by atoms with Gasteiger partial charge < -0.3 is 14.8 Å². The summed E-state index contributed by atoms with van der Waals surface area (Å²) in [7, 11) is 1.56. The monoisotopic (exact) mass is 348 g/mol. The van der Waals surface area contributed by atoms with Gasteiger partial charge in [-0.3, -0.25) is 10.1 Å². The van der Waals surface area contributed by atoms with E-state index in [0.29, 0.717) is 12.2 Å². The van der Waals surface area contributed by atoms with Crippen molar-refractivity contribution in [2.45, 2.75) is 51.4 Å². The molecule has 1 aliphatic rings. The Balaban J connectivity index is 1.84. The van der Waals surface area contributed by atoms with Crippen LogP contribution in [0.4, 0.5) is 4.79 Å². The van der Waals surface area contributed by atoms with Gasteiger partial charge >= 0.3 is 12.0 Å². The number of esters is 1. The summed E-state index contributed by atoms with van der Waals surface area (Å²) < 4.78 is 10.1.